The monoisotopic (exact) mass is 172 g/mol. The van der Waals surface area contributed by atoms with Crippen LogP contribution in [0.1, 0.15) is 19.3 Å². The first kappa shape index (κ1) is 8.70. The van der Waals surface area contributed by atoms with Crippen molar-refractivity contribution in [1.29, 1.82) is 0 Å². The molecule has 0 spiro atoms. The van der Waals surface area contributed by atoms with Crippen LogP contribution in [0.5, 0.6) is 0 Å². The fraction of sp³-hybridized carbons (Fsp3) is 0.571. The number of ether oxygens (including phenoxy) is 1. The zero-order valence-electron chi connectivity index (χ0n) is 6.28. The summed E-state index contributed by atoms with van der Waals surface area (Å²) in [6, 6.07) is 0. The van der Waals surface area contributed by atoms with Crippen LogP contribution in [0.4, 0.5) is 0 Å². The Labute approximate surface area is 68.3 Å². The maximum Gasteiger partial charge on any atom is 0.327 e. The van der Waals surface area contributed by atoms with Crippen molar-refractivity contribution in [2.24, 2.45) is 5.92 Å². The first-order valence-electron chi connectivity index (χ1n) is 3.58. The highest BCUT2D eigenvalue weighted by atomic mass is 16.6. The second kappa shape index (κ2) is 3.34. The van der Waals surface area contributed by atoms with Crippen LogP contribution in [-0.4, -0.2) is 23.0 Å². The molecule has 1 unspecified atom stereocenters. The Kier molecular flexibility index (Phi) is 2.42. The number of carboxylic acid groups (broad SMARTS) is 1. The molecule has 1 aliphatic rings. The smallest absolute Gasteiger partial charge is 0.327 e. The van der Waals surface area contributed by atoms with Gasteiger partial charge in [-0.2, -0.15) is 0 Å². The fourth-order valence-electron chi connectivity index (χ4n) is 1.03. The molecule has 1 heterocycles. The molecule has 0 aromatic heterocycles. The molecule has 1 fully saturated rings. The van der Waals surface area contributed by atoms with Gasteiger partial charge in [0, 0.05) is 6.42 Å². The van der Waals surface area contributed by atoms with Crippen molar-refractivity contribution in [3.63, 3.8) is 0 Å². The van der Waals surface area contributed by atoms with Crippen LogP contribution in [0.15, 0.2) is 0 Å². The minimum Gasteiger partial charge on any atom is -0.481 e. The Hall–Kier alpha value is -1.39. The lowest BCUT2D eigenvalue weighted by Gasteiger charge is -2.03. The topological polar surface area (TPSA) is 80.7 Å². The van der Waals surface area contributed by atoms with Gasteiger partial charge >= 0.3 is 17.9 Å². The minimum atomic E-state index is -1.23. The molecule has 1 atom stereocenters. The van der Waals surface area contributed by atoms with Crippen LogP contribution < -0.4 is 0 Å². The SMILES string of the molecule is O=C1CCCC(C(=O)O)C(=O)O1. The number of cyclic esters (lactones) is 2. The average Bonchev–Trinajstić information content (AvgIpc) is 2.10. The molecule has 5 heteroatoms. The highest BCUT2D eigenvalue weighted by Gasteiger charge is 2.31. The zero-order chi connectivity index (χ0) is 9.14. The van der Waals surface area contributed by atoms with E-state index in [1.54, 1.807) is 0 Å². The van der Waals surface area contributed by atoms with Crippen molar-refractivity contribution in [2.45, 2.75) is 19.3 Å². The van der Waals surface area contributed by atoms with Gasteiger partial charge in [0.15, 0.2) is 5.92 Å². The third-order valence-electron chi connectivity index (χ3n) is 1.67. The Morgan fingerprint density at radius 3 is 2.75 bits per heavy atom. The molecule has 0 saturated carbocycles. The first-order valence-corrected chi connectivity index (χ1v) is 3.58. The summed E-state index contributed by atoms with van der Waals surface area (Å²) in [6.07, 6.45) is 0.691. The summed E-state index contributed by atoms with van der Waals surface area (Å²) in [4.78, 5) is 31.9. The molecule has 0 aromatic rings. The summed E-state index contributed by atoms with van der Waals surface area (Å²) < 4.78 is 4.23. The molecule has 0 bridgehead atoms. The summed E-state index contributed by atoms with van der Waals surface area (Å²) in [5.74, 6) is -3.97. The standard InChI is InChI=1S/C7H8O5/c8-5-3-1-2-4(6(9)10)7(11)12-5/h4H,1-3H2,(H,9,10). The Balaban J connectivity index is 2.70. The van der Waals surface area contributed by atoms with Gasteiger partial charge in [0.25, 0.3) is 0 Å². The number of aliphatic carboxylic acids is 1. The number of rotatable bonds is 1. The van der Waals surface area contributed by atoms with Crippen molar-refractivity contribution in [3.8, 4) is 0 Å². The van der Waals surface area contributed by atoms with Gasteiger partial charge in [0.2, 0.25) is 0 Å². The van der Waals surface area contributed by atoms with E-state index in [1.165, 1.54) is 0 Å². The highest BCUT2D eigenvalue weighted by molar-refractivity contribution is 5.99. The number of esters is 2. The Morgan fingerprint density at radius 1 is 1.50 bits per heavy atom. The van der Waals surface area contributed by atoms with Crippen molar-refractivity contribution in [2.75, 3.05) is 0 Å². The van der Waals surface area contributed by atoms with Crippen LogP contribution in [-0.2, 0) is 19.1 Å². The third kappa shape index (κ3) is 1.81. The quantitative estimate of drug-likeness (QED) is 0.442. The average molecular weight is 172 g/mol. The third-order valence-corrected chi connectivity index (χ3v) is 1.67. The maximum atomic E-state index is 10.8. The molecule has 1 saturated heterocycles. The molecule has 1 rings (SSSR count). The highest BCUT2D eigenvalue weighted by Crippen LogP contribution is 2.16. The second-order valence-electron chi connectivity index (χ2n) is 2.58. The summed E-state index contributed by atoms with van der Waals surface area (Å²) in [5.41, 5.74) is 0. The Morgan fingerprint density at radius 2 is 2.17 bits per heavy atom. The number of hydrogen-bond donors (Lipinski definition) is 1. The minimum absolute atomic E-state index is 0.121. The van der Waals surface area contributed by atoms with E-state index in [0.29, 0.717) is 6.42 Å². The van der Waals surface area contributed by atoms with E-state index in [2.05, 4.69) is 4.74 Å². The lowest BCUT2D eigenvalue weighted by molar-refractivity contribution is -0.164. The predicted molar refractivity (Wildman–Crippen MR) is 36.1 cm³/mol. The van der Waals surface area contributed by atoms with E-state index in [0.717, 1.165) is 0 Å². The van der Waals surface area contributed by atoms with Crippen molar-refractivity contribution >= 4 is 17.9 Å². The van der Waals surface area contributed by atoms with Crippen LogP contribution in [0, 0.1) is 5.92 Å². The van der Waals surface area contributed by atoms with Crippen LogP contribution in [0.2, 0.25) is 0 Å². The van der Waals surface area contributed by atoms with Gasteiger partial charge in [-0.05, 0) is 12.8 Å². The second-order valence-corrected chi connectivity index (χ2v) is 2.58. The molecule has 66 valence electrons. The predicted octanol–water partition coefficient (Wildman–Crippen LogP) is -0.0591. The lowest BCUT2D eigenvalue weighted by Crippen LogP contribution is -2.25. The maximum absolute atomic E-state index is 10.8. The van der Waals surface area contributed by atoms with Crippen LogP contribution >= 0.6 is 0 Å². The van der Waals surface area contributed by atoms with Gasteiger partial charge in [0.05, 0.1) is 0 Å². The number of hydrogen-bond acceptors (Lipinski definition) is 4. The van der Waals surface area contributed by atoms with Gasteiger partial charge in [-0.15, -0.1) is 0 Å². The summed E-state index contributed by atoms with van der Waals surface area (Å²) in [6.45, 7) is 0. The molecule has 0 amide bonds. The largest absolute Gasteiger partial charge is 0.481 e. The number of carboxylic acids is 1. The van der Waals surface area contributed by atoms with E-state index in [1.807, 2.05) is 0 Å². The molecule has 1 aliphatic heterocycles. The van der Waals surface area contributed by atoms with Crippen LogP contribution in [0.3, 0.4) is 0 Å². The van der Waals surface area contributed by atoms with Crippen molar-refractivity contribution in [3.05, 3.63) is 0 Å². The fourth-order valence-corrected chi connectivity index (χ4v) is 1.03. The van der Waals surface area contributed by atoms with Gasteiger partial charge in [-0.25, -0.2) is 0 Å². The number of carbonyl (C=O) groups excluding carboxylic acids is 2. The van der Waals surface area contributed by atoms with Gasteiger partial charge < -0.3 is 9.84 Å². The molecule has 5 nitrogen and oxygen atoms in total. The van der Waals surface area contributed by atoms with E-state index >= 15 is 0 Å². The molecule has 0 radical (unpaired) electrons. The van der Waals surface area contributed by atoms with Crippen molar-refractivity contribution < 1.29 is 24.2 Å². The van der Waals surface area contributed by atoms with Gasteiger partial charge in [0.1, 0.15) is 0 Å². The van der Waals surface area contributed by atoms with Crippen LogP contribution in [0.25, 0.3) is 0 Å². The molecule has 1 N–H and O–H groups in total. The van der Waals surface area contributed by atoms with E-state index in [4.69, 9.17) is 5.11 Å². The summed E-state index contributed by atoms with van der Waals surface area (Å²) in [7, 11) is 0. The lowest BCUT2D eigenvalue weighted by atomic mass is 10.0. The summed E-state index contributed by atoms with van der Waals surface area (Å²) in [5, 5.41) is 8.51. The summed E-state index contributed by atoms with van der Waals surface area (Å²) >= 11 is 0. The van der Waals surface area contributed by atoms with E-state index < -0.39 is 23.8 Å². The van der Waals surface area contributed by atoms with E-state index in [9.17, 15) is 14.4 Å². The van der Waals surface area contributed by atoms with Crippen molar-refractivity contribution in [1.82, 2.24) is 0 Å². The molecule has 0 aromatic carbocycles. The number of carbonyl (C=O) groups is 3. The van der Waals surface area contributed by atoms with Gasteiger partial charge in [-0.3, -0.25) is 14.4 Å². The van der Waals surface area contributed by atoms with E-state index in [-0.39, 0.29) is 12.8 Å². The first-order chi connectivity index (χ1) is 5.61. The molecule has 0 aliphatic carbocycles. The molecule has 12 heavy (non-hydrogen) atoms. The van der Waals surface area contributed by atoms with Gasteiger partial charge in [-0.1, -0.05) is 0 Å². The zero-order valence-corrected chi connectivity index (χ0v) is 6.28. The Bertz CT molecular complexity index is 232. The molecular weight excluding hydrogens is 164 g/mol. The molecular formula is C7H8O5. The normalized spacial score (nSPS) is 24.5.